The summed E-state index contributed by atoms with van der Waals surface area (Å²) >= 11 is 0. The molecule has 0 aromatic heterocycles. The van der Waals surface area contributed by atoms with Crippen molar-refractivity contribution >= 4 is 11.6 Å². The predicted molar refractivity (Wildman–Crippen MR) is 51.8 cm³/mol. The van der Waals surface area contributed by atoms with Gasteiger partial charge < -0.3 is 10.4 Å². The van der Waals surface area contributed by atoms with Crippen LogP contribution in [-0.4, -0.2) is 17.6 Å². The number of nitrogens with one attached hydrogen (secondary N) is 1. The van der Waals surface area contributed by atoms with E-state index in [-0.39, 0.29) is 18.7 Å². The maximum absolute atomic E-state index is 12.2. The van der Waals surface area contributed by atoms with E-state index in [1.165, 1.54) is 0 Å². The minimum Gasteiger partial charge on any atom is -0.396 e. The number of hydrogen-bond acceptors (Lipinski definition) is 2. The van der Waals surface area contributed by atoms with E-state index < -0.39 is 17.6 Å². The molecule has 16 heavy (non-hydrogen) atoms. The average molecular weight is 233 g/mol. The third kappa shape index (κ3) is 3.54. The Bertz CT molecular complexity index is 359. The highest BCUT2D eigenvalue weighted by Gasteiger charge is 2.29. The summed E-state index contributed by atoms with van der Waals surface area (Å²) in [4.78, 5) is 11.0. The lowest BCUT2D eigenvalue weighted by molar-refractivity contribution is -0.137. The fraction of sp³-hybridized carbons (Fsp3) is 0.300. The molecule has 0 spiro atoms. The zero-order valence-electron chi connectivity index (χ0n) is 8.21. The molecule has 88 valence electrons. The SMILES string of the molecule is O=C(CCO)Nc1ccc(C(F)(F)F)cc1. The summed E-state index contributed by atoms with van der Waals surface area (Å²) in [5.74, 6) is -0.442. The third-order valence-corrected chi connectivity index (χ3v) is 1.83. The molecule has 0 saturated heterocycles. The third-order valence-electron chi connectivity index (χ3n) is 1.83. The number of carbonyl (C=O) groups excluding carboxylic acids is 1. The van der Waals surface area contributed by atoms with Crippen molar-refractivity contribution in [1.82, 2.24) is 0 Å². The van der Waals surface area contributed by atoms with E-state index >= 15 is 0 Å². The Morgan fingerprint density at radius 2 is 1.81 bits per heavy atom. The summed E-state index contributed by atoms with van der Waals surface area (Å²) < 4.78 is 36.5. The van der Waals surface area contributed by atoms with Crippen LogP contribution in [0.15, 0.2) is 24.3 Å². The molecule has 0 bridgehead atoms. The van der Waals surface area contributed by atoms with Gasteiger partial charge in [-0.1, -0.05) is 0 Å². The lowest BCUT2D eigenvalue weighted by Crippen LogP contribution is -2.13. The Balaban J connectivity index is 2.69. The smallest absolute Gasteiger partial charge is 0.396 e. The molecule has 0 heterocycles. The van der Waals surface area contributed by atoms with Crippen LogP contribution in [0.2, 0.25) is 0 Å². The van der Waals surface area contributed by atoms with Gasteiger partial charge in [0.1, 0.15) is 0 Å². The molecule has 0 aliphatic carbocycles. The van der Waals surface area contributed by atoms with Gasteiger partial charge in [-0.25, -0.2) is 0 Å². The van der Waals surface area contributed by atoms with E-state index in [0.717, 1.165) is 24.3 Å². The molecule has 1 rings (SSSR count). The van der Waals surface area contributed by atoms with E-state index in [4.69, 9.17) is 5.11 Å². The minimum absolute atomic E-state index is 0.0823. The maximum Gasteiger partial charge on any atom is 0.416 e. The second-order valence-corrected chi connectivity index (χ2v) is 3.10. The quantitative estimate of drug-likeness (QED) is 0.839. The van der Waals surface area contributed by atoms with Gasteiger partial charge in [0, 0.05) is 5.69 Å². The van der Waals surface area contributed by atoms with Crippen molar-refractivity contribution in [2.75, 3.05) is 11.9 Å². The van der Waals surface area contributed by atoms with Crippen LogP contribution in [0.25, 0.3) is 0 Å². The van der Waals surface area contributed by atoms with Crippen LogP contribution >= 0.6 is 0 Å². The van der Waals surface area contributed by atoms with Crippen molar-refractivity contribution < 1.29 is 23.1 Å². The molecule has 3 nitrogen and oxygen atoms in total. The molecule has 0 saturated carbocycles. The van der Waals surface area contributed by atoms with Crippen LogP contribution in [0.4, 0.5) is 18.9 Å². The lowest BCUT2D eigenvalue weighted by atomic mass is 10.2. The Labute approximate surface area is 89.9 Å². The summed E-state index contributed by atoms with van der Waals surface area (Å²) in [6.45, 7) is -0.299. The number of alkyl halides is 3. The molecule has 6 heteroatoms. The number of aliphatic hydroxyl groups is 1. The summed E-state index contributed by atoms with van der Waals surface area (Å²) in [5, 5.41) is 10.8. The molecular weight excluding hydrogens is 223 g/mol. The fourth-order valence-electron chi connectivity index (χ4n) is 1.07. The predicted octanol–water partition coefficient (Wildman–Crippen LogP) is 2.03. The van der Waals surface area contributed by atoms with Crippen molar-refractivity contribution in [2.24, 2.45) is 0 Å². The summed E-state index contributed by atoms with van der Waals surface area (Å²) in [5.41, 5.74) is -0.501. The van der Waals surface area contributed by atoms with Gasteiger partial charge in [-0.15, -0.1) is 0 Å². The first-order valence-electron chi connectivity index (χ1n) is 4.51. The zero-order chi connectivity index (χ0) is 12.2. The van der Waals surface area contributed by atoms with Crippen molar-refractivity contribution in [1.29, 1.82) is 0 Å². The molecular formula is C10H10F3NO2. The summed E-state index contributed by atoms with van der Waals surface area (Å²) in [7, 11) is 0. The van der Waals surface area contributed by atoms with Crippen LogP contribution in [0, 0.1) is 0 Å². The van der Waals surface area contributed by atoms with Gasteiger partial charge in [0.15, 0.2) is 0 Å². The molecule has 2 N–H and O–H groups in total. The van der Waals surface area contributed by atoms with Crippen LogP contribution in [0.5, 0.6) is 0 Å². The molecule has 0 radical (unpaired) electrons. The Hall–Kier alpha value is -1.56. The zero-order valence-corrected chi connectivity index (χ0v) is 8.21. The highest BCUT2D eigenvalue weighted by molar-refractivity contribution is 5.90. The molecule has 1 aromatic rings. The van der Waals surface area contributed by atoms with Crippen LogP contribution in [-0.2, 0) is 11.0 Å². The molecule has 0 atom stereocenters. The average Bonchev–Trinajstić information content (AvgIpc) is 2.17. The molecule has 0 unspecified atom stereocenters. The Morgan fingerprint density at radius 1 is 1.25 bits per heavy atom. The number of carbonyl (C=O) groups is 1. The molecule has 1 aromatic carbocycles. The van der Waals surface area contributed by atoms with Gasteiger partial charge >= 0.3 is 6.18 Å². The lowest BCUT2D eigenvalue weighted by Gasteiger charge is -2.08. The number of aliphatic hydroxyl groups excluding tert-OH is 1. The van der Waals surface area contributed by atoms with E-state index in [2.05, 4.69) is 5.32 Å². The van der Waals surface area contributed by atoms with Gasteiger partial charge in [0.25, 0.3) is 0 Å². The number of rotatable bonds is 3. The number of hydrogen-bond donors (Lipinski definition) is 2. The number of halogens is 3. The first-order chi connectivity index (χ1) is 7.43. The Morgan fingerprint density at radius 3 is 2.25 bits per heavy atom. The molecule has 0 aliphatic heterocycles. The van der Waals surface area contributed by atoms with Crippen molar-refractivity contribution in [3.8, 4) is 0 Å². The summed E-state index contributed by atoms with van der Waals surface area (Å²) in [6, 6.07) is 4.10. The highest BCUT2D eigenvalue weighted by atomic mass is 19.4. The molecule has 0 aliphatic rings. The van der Waals surface area contributed by atoms with Crippen molar-refractivity contribution in [3.05, 3.63) is 29.8 Å². The standard InChI is InChI=1S/C10H10F3NO2/c11-10(12,13)7-1-3-8(4-2-7)14-9(16)5-6-15/h1-4,15H,5-6H2,(H,14,16). The second kappa shape index (κ2) is 4.98. The molecule has 1 amide bonds. The maximum atomic E-state index is 12.2. The second-order valence-electron chi connectivity index (χ2n) is 3.10. The van der Waals surface area contributed by atoms with E-state index in [9.17, 15) is 18.0 Å². The first kappa shape index (κ1) is 12.5. The topological polar surface area (TPSA) is 49.3 Å². The number of anilines is 1. The van der Waals surface area contributed by atoms with E-state index in [0.29, 0.717) is 0 Å². The number of amides is 1. The fourth-order valence-corrected chi connectivity index (χ4v) is 1.07. The van der Waals surface area contributed by atoms with Gasteiger partial charge in [0.2, 0.25) is 5.91 Å². The first-order valence-corrected chi connectivity index (χ1v) is 4.51. The monoisotopic (exact) mass is 233 g/mol. The van der Waals surface area contributed by atoms with Crippen LogP contribution in [0.3, 0.4) is 0 Å². The van der Waals surface area contributed by atoms with Crippen molar-refractivity contribution in [3.63, 3.8) is 0 Å². The number of benzene rings is 1. The van der Waals surface area contributed by atoms with Crippen LogP contribution < -0.4 is 5.32 Å². The van der Waals surface area contributed by atoms with Gasteiger partial charge in [-0.3, -0.25) is 4.79 Å². The molecule has 0 fully saturated rings. The van der Waals surface area contributed by atoms with E-state index in [1.807, 2.05) is 0 Å². The van der Waals surface area contributed by atoms with Crippen molar-refractivity contribution in [2.45, 2.75) is 12.6 Å². The van der Waals surface area contributed by atoms with Gasteiger partial charge in [-0.05, 0) is 24.3 Å². The minimum atomic E-state index is -4.38. The van der Waals surface area contributed by atoms with Crippen LogP contribution in [0.1, 0.15) is 12.0 Å². The van der Waals surface area contributed by atoms with Gasteiger partial charge in [0.05, 0.1) is 18.6 Å². The summed E-state index contributed by atoms with van der Waals surface area (Å²) in [6.07, 6.45) is -4.46. The highest BCUT2D eigenvalue weighted by Crippen LogP contribution is 2.29. The van der Waals surface area contributed by atoms with E-state index in [1.54, 1.807) is 0 Å². The Kier molecular flexibility index (Phi) is 3.89. The normalized spacial score (nSPS) is 11.2. The van der Waals surface area contributed by atoms with Gasteiger partial charge in [-0.2, -0.15) is 13.2 Å². The largest absolute Gasteiger partial charge is 0.416 e.